The third kappa shape index (κ3) is 8.30. The lowest BCUT2D eigenvalue weighted by Crippen LogP contribution is -2.50. The number of carbonyl (C=O) groups excluding carboxylic acids is 2. The Morgan fingerprint density at radius 1 is 1.20 bits per heavy atom. The number of carbonyl (C=O) groups is 2. The van der Waals surface area contributed by atoms with E-state index >= 15 is 0 Å². The number of nitrogens with two attached hydrogens (primary N) is 1. The van der Waals surface area contributed by atoms with E-state index in [1.807, 2.05) is 0 Å². The van der Waals surface area contributed by atoms with E-state index in [1.165, 1.54) is 38.1 Å². The van der Waals surface area contributed by atoms with Crippen molar-refractivity contribution in [3.05, 3.63) is 24.3 Å². The highest BCUT2D eigenvalue weighted by molar-refractivity contribution is 7.89. The Balaban J connectivity index is 0.00000576. The number of hydrogen-bond donors (Lipinski definition) is 4. The van der Waals surface area contributed by atoms with Crippen molar-refractivity contribution in [2.24, 2.45) is 5.73 Å². The topological polar surface area (TPSA) is 130 Å². The van der Waals surface area contributed by atoms with Gasteiger partial charge >= 0.3 is 0 Å². The minimum Gasteiger partial charge on any atom is -0.353 e. The second-order valence-corrected chi connectivity index (χ2v) is 7.97. The molecule has 2 amide bonds. The molecule has 1 unspecified atom stereocenters. The maximum absolute atomic E-state index is 12.3. The van der Waals surface area contributed by atoms with Crippen LogP contribution in [-0.4, -0.2) is 38.4 Å². The van der Waals surface area contributed by atoms with Gasteiger partial charge in [0.1, 0.15) is 0 Å². The molecule has 1 aromatic rings. The number of halogens is 1. The van der Waals surface area contributed by atoms with Gasteiger partial charge in [0.2, 0.25) is 21.8 Å². The summed E-state index contributed by atoms with van der Waals surface area (Å²) < 4.78 is 26.9. The number of sulfonamides is 1. The molecule has 1 aromatic carbocycles. The van der Waals surface area contributed by atoms with Crippen LogP contribution in [0.1, 0.15) is 27.7 Å². The van der Waals surface area contributed by atoms with E-state index in [9.17, 15) is 18.0 Å². The SMILES string of the molecule is CC(=O)Nc1ccc(S(=O)(=O)NC(C)C(=O)NCC(C)(C)N)cc1.Cl. The minimum absolute atomic E-state index is 0. The highest BCUT2D eigenvalue weighted by Crippen LogP contribution is 2.14. The van der Waals surface area contributed by atoms with Crippen molar-refractivity contribution in [3.8, 4) is 0 Å². The van der Waals surface area contributed by atoms with Gasteiger partial charge in [-0.1, -0.05) is 0 Å². The smallest absolute Gasteiger partial charge is 0.241 e. The van der Waals surface area contributed by atoms with Crippen LogP contribution in [0.15, 0.2) is 29.2 Å². The van der Waals surface area contributed by atoms with Gasteiger partial charge in [-0.25, -0.2) is 8.42 Å². The maximum atomic E-state index is 12.3. The molecule has 10 heteroatoms. The Kier molecular flexibility index (Phi) is 8.52. The van der Waals surface area contributed by atoms with Crippen LogP contribution in [-0.2, 0) is 19.6 Å². The van der Waals surface area contributed by atoms with E-state index in [1.54, 1.807) is 13.8 Å². The average Bonchev–Trinajstić information content (AvgIpc) is 2.43. The summed E-state index contributed by atoms with van der Waals surface area (Å²) in [5, 5.41) is 5.13. The lowest BCUT2D eigenvalue weighted by Gasteiger charge is -2.21. The standard InChI is InChI=1S/C15H24N4O4S.ClH/c1-10(14(21)17-9-15(3,4)16)19-24(22,23)13-7-5-12(6-8-13)18-11(2)20;/h5-8,10,19H,9,16H2,1-4H3,(H,17,21)(H,18,20);1H. The van der Waals surface area contributed by atoms with Crippen molar-refractivity contribution >= 4 is 39.9 Å². The highest BCUT2D eigenvalue weighted by Gasteiger charge is 2.23. The first-order valence-electron chi connectivity index (χ1n) is 7.37. The van der Waals surface area contributed by atoms with Gasteiger partial charge in [-0.3, -0.25) is 9.59 Å². The predicted molar refractivity (Wildman–Crippen MR) is 99.1 cm³/mol. The highest BCUT2D eigenvalue weighted by atomic mass is 35.5. The Labute approximate surface area is 154 Å². The summed E-state index contributed by atoms with van der Waals surface area (Å²) >= 11 is 0. The van der Waals surface area contributed by atoms with Gasteiger partial charge in [-0.2, -0.15) is 4.72 Å². The first-order chi connectivity index (χ1) is 10.9. The lowest BCUT2D eigenvalue weighted by molar-refractivity contribution is -0.122. The zero-order chi connectivity index (χ0) is 18.5. The van der Waals surface area contributed by atoms with Gasteiger partial charge in [-0.15, -0.1) is 12.4 Å². The molecule has 0 aliphatic carbocycles. The first kappa shape index (κ1) is 23.3. The third-order valence-corrected chi connectivity index (χ3v) is 4.49. The van der Waals surface area contributed by atoms with Crippen molar-refractivity contribution in [1.82, 2.24) is 10.0 Å². The molecular weight excluding hydrogens is 368 g/mol. The summed E-state index contributed by atoms with van der Waals surface area (Å²) in [5.41, 5.74) is 5.66. The van der Waals surface area contributed by atoms with Crippen LogP contribution < -0.4 is 21.1 Å². The van der Waals surface area contributed by atoms with Gasteiger partial charge in [0.05, 0.1) is 10.9 Å². The van der Waals surface area contributed by atoms with E-state index in [0.29, 0.717) is 5.69 Å². The number of amides is 2. The van der Waals surface area contributed by atoms with Gasteiger partial charge in [0.15, 0.2) is 0 Å². The third-order valence-electron chi connectivity index (χ3n) is 2.93. The van der Waals surface area contributed by atoms with Crippen molar-refractivity contribution in [2.45, 2.75) is 44.2 Å². The monoisotopic (exact) mass is 392 g/mol. The van der Waals surface area contributed by atoms with Crippen molar-refractivity contribution in [2.75, 3.05) is 11.9 Å². The Morgan fingerprint density at radius 2 is 1.72 bits per heavy atom. The van der Waals surface area contributed by atoms with Crippen LogP contribution in [0.2, 0.25) is 0 Å². The molecule has 1 atom stereocenters. The van der Waals surface area contributed by atoms with Crippen molar-refractivity contribution < 1.29 is 18.0 Å². The van der Waals surface area contributed by atoms with Gasteiger partial charge < -0.3 is 16.4 Å². The number of rotatable bonds is 7. The second-order valence-electron chi connectivity index (χ2n) is 6.25. The molecule has 0 aliphatic rings. The Bertz CT molecular complexity index is 699. The molecule has 142 valence electrons. The van der Waals surface area contributed by atoms with E-state index in [0.717, 1.165) is 0 Å². The molecule has 0 aromatic heterocycles. The Morgan fingerprint density at radius 3 is 2.16 bits per heavy atom. The molecule has 1 rings (SSSR count). The number of anilines is 1. The first-order valence-corrected chi connectivity index (χ1v) is 8.85. The molecular formula is C15H25ClN4O4S. The van der Waals surface area contributed by atoms with E-state index < -0.39 is 27.5 Å². The zero-order valence-electron chi connectivity index (χ0n) is 14.6. The van der Waals surface area contributed by atoms with E-state index in [-0.39, 0.29) is 29.8 Å². The summed E-state index contributed by atoms with van der Waals surface area (Å²) in [4.78, 5) is 22.9. The molecule has 8 nitrogen and oxygen atoms in total. The second kappa shape index (κ2) is 9.14. The lowest BCUT2D eigenvalue weighted by atomic mass is 10.1. The van der Waals surface area contributed by atoms with Crippen LogP contribution >= 0.6 is 12.4 Å². The quantitative estimate of drug-likeness (QED) is 0.539. The molecule has 0 spiro atoms. The number of nitrogens with one attached hydrogen (secondary N) is 3. The molecule has 0 radical (unpaired) electrons. The minimum atomic E-state index is -3.86. The molecule has 0 saturated carbocycles. The fraction of sp³-hybridized carbons (Fsp3) is 0.467. The van der Waals surface area contributed by atoms with Crippen LogP contribution in [0, 0.1) is 0 Å². The van der Waals surface area contributed by atoms with Gasteiger partial charge in [0.25, 0.3) is 0 Å². The fourth-order valence-corrected chi connectivity index (χ4v) is 2.95. The summed E-state index contributed by atoms with van der Waals surface area (Å²) in [6.45, 7) is 6.53. The maximum Gasteiger partial charge on any atom is 0.241 e. The number of benzene rings is 1. The molecule has 25 heavy (non-hydrogen) atoms. The summed E-state index contributed by atoms with van der Waals surface area (Å²) in [5.74, 6) is -0.719. The number of hydrogen-bond acceptors (Lipinski definition) is 5. The Hall–Kier alpha value is -1.68. The normalized spacial score (nSPS) is 12.7. The van der Waals surface area contributed by atoms with Crippen molar-refractivity contribution in [3.63, 3.8) is 0 Å². The van der Waals surface area contributed by atoms with Gasteiger partial charge in [-0.05, 0) is 45.0 Å². The molecule has 0 heterocycles. The summed E-state index contributed by atoms with van der Waals surface area (Å²) in [7, 11) is -3.86. The summed E-state index contributed by atoms with van der Waals surface area (Å²) in [6, 6.07) is 4.69. The van der Waals surface area contributed by atoms with Crippen LogP contribution in [0.5, 0.6) is 0 Å². The summed E-state index contributed by atoms with van der Waals surface area (Å²) in [6.07, 6.45) is 0. The fourth-order valence-electron chi connectivity index (χ4n) is 1.74. The van der Waals surface area contributed by atoms with Gasteiger partial charge in [0, 0.05) is 24.7 Å². The molecule has 0 fully saturated rings. The predicted octanol–water partition coefficient (Wildman–Crippen LogP) is 0.587. The molecule has 0 aliphatic heterocycles. The molecule has 0 bridgehead atoms. The molecule has 0 saturated heterocycles. The van der Waals surface area contributed by atoms with Crippen LogP contribution in [0.4, 0.5) is 5.69 Å². The van der Waals surface area contributed by atoms with Crippen LogP contribution in [0.25, 0.3) is 0 Å². The average molecular weight is 393 g/mol. The van der Waals surface area contributed by atoms with E-state index in [4.69, 9.17) is 5.73 Å². The van der Waals surface area contributed by atoms with E-state index in [2.05, 4.69) is 15.4 Å². The molecule has 5 N–H and O–H groups in total. The van der Waals surface area contributed by atoms with Crippen LogP contribution in [0.3, 0.4) is 0 Å². The van der Waals surface area contributed by atoms with Crippen molar-refractivity contribution in [1.29, 1.82) is 0 Å². The largest absolute Gasteiger partial charge is 0.353 e. The zero-order valence-corrected chi connectivity index (χ0v) is 16.3.